The maximum Gasteiger partial charge on any atom is 0.312 e. The Labute approximate surface area is 119 Å². The third-order valence-corrected chi connectivity index (χ3v) is 4.76. The van der Waals surface area contributed by atoms with Crippen molar-refractivity contribution < 1.29 is 9.90 Å². The van der Waals surface area contributed by atoms with Crippen LogP contribution in [-0.2, 0) is 11.3 Å². The molecule has 2 aliphatic rings. The van der Waals surface area contributed by atoms with E-state index < -0.39 is 5.97 Å². The Hall–Kier alpha value is -1.36. The molecular weight excluding hydrogens is 254 g/mol. The molecule has 20 heavy (non-hydrogen) atoms. The minimum atomic E-state index is -0.715. The fourth-order valence-electron chi connectivity index (χ4n) is 3.57. The van der Waals surface area contributed by atoms with Crippen LogP contribution >= 0.6 is 0 Å². The van der Waals surface area contributed by atoms with Crippen molar-refractivity contribution in [3.63, 3.8) is 0 Å². The van der Waals surface area contributed by atoms with E-state index in [4.69, 9.17) is 0 Å². The van der Waals surface area contributed by atoms with Gasteiger partial charge in [0.25, 0.3) is 0 Å². The summed E-state index contributed by atoms with van der Waals surface area (Å²) in [6, 6.07) is 0.572. The number of carboxylic acids is 1. The lowest BCUT2D eigenvalue weighted by Crippen LogP contribution is -2.28. The second kappa shape index (κ2) is 5.20. The van der Waals surface area contributed by atoms with Crippen molar-refractivity contribution in [1.29, 1.82) is 0 Å². The highest BCUT2D eigenvalue weighted by Crippen LogP contribution is 2.34. The number of carbonyl (C=O) groups is 1. The minimum absolute atomic E-state index is 0.368. The number of imidazole rings is 1. The molecule has 0 aliphatic carbocycles. The Morgan fingerprint density at radius 1 is 1.40 bits per heavy atom. The Kier molecular flexibility index (Phi) is 3.54. The number of likely N-dealkylation sites (tertiary alicyclic amines) is 1. The summed E-state index contributed by atoms with van der Waals surface area (Å²) in [6.07, 6.45) is 4.61. The topological polar surface area (TPSA) is 58.4 Å². The number of fused-ring (bicyclic) bond motifs is 1. The van der Waals surface area contributed by atoms with Crippen LogP contribution in [0.1, 0.15) is 56.5 Å². The Morgan fingerprint density at radius 3 is 2.85 bits per heavy atom. The summed E-state index contributed by atoms with van der Waals surface area (Å²) >= 11 is 0. The van der Waals surface area contributed by atoms with Gasteiger partial charge in [-0.05, 0) is 39.7 Å². The average Bonchev–Trinajstić information content (AvgIpc) is 3.03. The molecular formula is C15H23N3O2. The predicted octanol–water partition coefficient (Wildman–Crippen LogP) is 2.04. The lowest BCUT2D eigenvalue weighted by Gasteiger charge is -2.24. The Bertz CT molecular complexity index is 509. The van der Waals surface area contributed by atoms with Crippen molar-refractivity contribution in [3.8, 4) is 0 Å². The molecule has 1 fully saturated rings. The summed E-state index contributed by atoms with van der Waals surface area (Å²) in [5, 5.41) is 9.33. The van der Waals surface area contributed by atoms with Crippen LogP contribution < -0.4 is 0 Å². The number of hydrogen-bond acceptors (Lipinski definition) is 3. The van der Waals surface area contributed by atoms with Crippen LogP contribution in [0.3, 0.4) is 0 Å². The molecule has 0 spiro atoms. The molecule has 110 valence electrons. The van der Waals surface area contributed by atoms with Crippen LogP contribution in [0.2, 0.25) is 0 Å². The molecule has 1 aromatic heterocycles. The van der Waals surface area contributed by atoms with Crippen LogP contribution in [0.15, 0.2) is 6.20 Å². The molecule has 1 saturated heterocycles. The van der Waals surface area contributed by atoms with Crippen molar-refractivity contribution in [2.75, 3.05) is 13.1 Å². The third-order valence-electron chi connectivity index (χ3n) is 4.76. The maximum atomic E-state index is 11.3. The van der Waals surface area contributed by atoms with E-state index in [-0.39, 0.29) is 5.92 Å². The van der Waals surface area contributed by atoms with Gasteiger partial charge in [0.2, 0.25) is 0 Å². The standard InChI is InChI=1S/C15H23N3O2/c1-10(2)17-7-5-11(9-17)14-16-8-13-12(15(19)20)4-3-6-18(13)14/h8,10-12H,3-7,9H2,1-2H3,(H,19,20). The molecule has 0 aromatic carbocycles. The van der Waals surface area contributed by atoms with Gasteiger partial charge in [-0.1, -0.05) is 0 Å². The van der Waals surface area contributed by atoms with Crippen molar-refractivity contribution in [2.24, 2.45) is 0 Å². The summed E-state index contributed by atoms with van der Waals surface area (Å²) in [4.78, 5) is 18.4. The zero-order valence-corrected chi connectivity index (χ0v) is 12.2. The summed E-state index contributed by atoms with van der Waals surface area (Å²) in [7, 11) is 0. The monoisotopic (exact) mass is 277 g/mol. The van der Waals surface area contributed by atoms with E-state index in [1.807, 2.05) is 0 Å². The van der Waals surface area contributed by atoms with Gasteiger partial charge in [0, 0.05) is 31.2 Å². The van der Waals surface area contributed by atoms with E-state index in [0.717, 1.165) is 50.4 Å². The number of carboxylic acid groups (broad SMARTS) is 1. The van der Waals surface area contributed by atoms with Gasteiger partial charge in [0.15, 0.2) is 0 Å². The van der Waals surface area contributed by atoms with Crippen LogP contribution in [0.25, 0.3) is 0 Å². The zero-order valence-electron chi connectivity index (χ0n) is 12.2. The van der Waals surface area contributed by atoms with Crippen molar-refractivity contribution in [3.05, 3.63) is 17.7 Å². The van der Waals surface area contributed by atoms with Gasteiger partial charge >= 0.3 is 5.97 Å². The van der Waals surface area contributed by atoms with E-state index >= 15 is 0 Å². The molecule has 2 atom stereocenters. The second-order valence-electron chi connectivity index (χ2n) is 6.30. The molecule has 2 aliphatic heterocycles. The van der Waals surface area contributed by atoms with Gasteiger partial charge in [-0.15, -0.1) is 0 Å². The van der Waals surface area contributed by atoms with Gasteiger partial charge in [-0.3, -0.25) is 4.79 Å². The van der Waals surface area contributed by atoms with E-state index in [9.17, 15) is 9.90 Å². The van der Waals surface area contributed by atoms with Crippen molar-refractivity contribution >= 4 is 5.97 Å². The fraction of sp³-hybridized carbons (Fsp3) is 0.733. The van der Waals surface area contributed by atoms with Gasteiger partial charge in [0.05, 0.1) is 11.6 Å². The first kappa shape index (κ1) is 13.6. The highest BCUT2D eigenvalue weighted by molar-refractivity contribution is 5.75. The molecule has 0 amide bonds. The lowest BCUT2D eigenvalue weighted by atomic mass is 9.96. The van der Waals surface area contributed by atoms with Gasteiger partial charge in [-0.2, -0.15) is 0 Å². The molecule has 0 bridgehead atoms. The third kappa shape index (κ3) is 2.24. The predicted molar refractivity (Wildman–Crippen MR) is 75.9 cm³/mol. The molecule has 5 nitrogen and oxygen atoms in total. The van der Waals surface area contributed by atoms with Crippen molar-refractivity contribution in [2.45, 2.75) is 57.5 Å². The Balaban J connectivity index is 1.84. The van der Waals surface area contributed by atoms with Gasteiger partial charge in [0.1, 0.15) is 5.82 Å². The summed E-state index contributed by atoms with van der Waals surface area (Å²) in [6.45, 7) is 7.54. The number of aromatic nitrogens is 2. The zero-order chi connectivity index (χ0) is 14.3. The number of hydrogen-bond donors (Lipinski definition) is 1. The molecule has 0 radical (unpaired) electrons. The SMILES string of the molecule is CC(C)N1CCC(c2ncc3n2CCCC3C(=O)O)C1. The molecule has 3 heterocycles. The minimum Gasteiger partial charge on any atom is -0.481 e. The number of nitrogens with zero attached hydrogens (tertiary/aromatic N) is 3. The van der Waals surface area contributed by atoms with E-state index in [0.29, 0.717) is 12.0 Å². The first-order valence-electron chi connectivity index (χ1n) is 7.60. The Morgan fingerprint density at radius 2 is 2.20 bits per heavy atom. The van der Waals surface area contributed by atoms with Gasteiger partial charge in [-0.25, -0.2) is 4.98 Å². The maximum absolute atomic E-state index is 11.3. The number of aliphatic carboxylic acids is 1. The average molecular weight is 277 g/mol. The molecule has 1 N–H and O–H groups in total. The van der Waals surface area contributed by atoms with Crippen LogP contribution in [0.4, 0.5) is 0 Å². The summed E-state index contributed by atoms with van der Waals surface area (Å²) < 4.78 is 2.18. The number of rotatable bonds is 3. The first-order valence-corrected chi connectivity index (χ1v) is 7.60. The van der Waals surface area contributed by atoms with Gasteiger partial charge < -0.3 is 14.6 Å². The summed E-state index contributed by atoms with van der Waals surface area (Å²) in [5.74, 6) is 0.480. The quantitative estimate of drug-likeness (QED) is 0.918. The molecule has 3 rings (SSSR count). The first-order chi connectivity index (χ1) is 9.58. The highest BCUT2D eigenvalue weighted by atomic mass is 16.4. The summed E-state index contributed by atoms with van der Waals surface area (Å²) in [5.41, 5.74) is 0.904. The fourth-order valence-corrected chi connectivity index (χ4v) is 3.57. The van der Waals surface area contributed by atoms with Crippen molar-refractivity contribution in [1.82, 2.24) is 14.5 Å². The van der Waals surface area contributed by atoms with E-state index in [2.05, 4.69) is 28.3 Å². The van der Waals surface area contributed by atoms with Crippen LogP contribution in [-0.4, -0.2) is 44.7 Å². The largest absolute Gasteiger partial charge is 0.481 e. The molecule has 5 heteroatoms. The molecule has 0 saturated carbocycles. The van der Waals surface area contributed by atoms with Crippen LogP contribution in [0.5, 0.6) is 0 Å². The second-order valence-corrected chi connectivity index (χ2v) is 6.30. The van der Waals surface area contributed by atoms with E-state index in [1.54, 1.807) is 6.20 Å². The lowest BCUT2D eigenvalue weighted by molar-refractivity contribution is -0.139. The molecule has 1 aromatic rings. The molecule has 2 unspecified atom stereocenters. The van der Waals surface area contributed by atoms with Crippen LogP contribution in [0, 0.1) is 0 Å². The highest BCUT2D eigenvalue weighted by Gasteiger charge is 2.33. The van der Waals surface area contributed by atoms with E-state index in [1.165, 1.54) is 0 Å². The smallest absolute Gasteiger partial charge is 0.312 e. The normalized spacial score (nSPS) is 26.9.